The molecule has 2 aliphatic heterocycles. The van der Waals surface area contributed by atoms with Crippen molar-refractivity contribution in [1.82, 2.24) is 0 Å². The number of carbonyl (C=O) groups is 1. The molecule has 1 N–H and O–H groups in total. The molecule has 0 aliphatic carbocycles. The van der Waals surface area contributed by atoms with Gasteiger partial charge >= 0.3 is 5.97 Å². The molecule has 5 rings (SSSR count). The maximum atomic E-state index is 12.2. The lowest BCUT2D eigenvalue weighted by Crippen LogP contribution is -2.52. The van der Waals surface area contributed by atoms with E-state index in [-0.39, 0.29) is 18.1 Å². The highest BCUT2D eigenvalue weighted by atomic mass is 16.5. The van der Waals surface area contributed by atoms with Gasteiger partial charge in [0.15, 0.2) is 0 Å². The Balaban J connectivity index is 1.44. The second-order valence-corrected chi connectivity index (χ2v) is 9.73. The van der Waals surface area contributed by atoms with Crippen LogP contribution in [-0.2, 0) is 16.0 Å². The van der Waals surface area contributed by atoms with Crippen molar-refractivity contribution in [3.63, 3.8) is 0 Å². The van der Waals surface area contributed by atoms with E-state index in [1.54, 1.807) is 0 Å². The summed E-state index contributed by atoms with van der Waals surface area (Å²) in [7, 11) is 0. The van der Waals surface area contributed by atoms with Crippen LogP contribution in [0.15, 0.2) is 78.9 Å². The number of ether oxygens (including phenoxy) is 3. The molecular weight excluding hydrogens is 428 g/mol. The number of fused-ring (bicyclic) bond motifs is 3. The molecule has 5 heteroatoms. The van der Waals surface area contributed by atoms with Crippen molar-refractivity contribution in [3.05, 3.63) is 90.0 Å². The van der Waals surface area contributed by atoms with Crippen LogP contribution in [0.3, 0.4) is 0 Å². The Kier molecular flexibility index (Phi) is 6.05. The van der Waals surface area contributed by atoms with Gasteiger partial charge in [0.25, 0.3) is 0 Å². The second kappa shape index (κ2) is 9.15. The zero-order chi connectivity index (χ0) is 23.7. The summed E-state index contributed by atoms with van der Waals surface area (Å²) in [5.74, 6) is 0.768. The van der Waals surface area contributed by atoms with Gasteiger partial charge in [-0.3, -0.25) is 4.79 Å². The van der Waals surface area contributed by atoms with Crippen molar-refractivity contribution in [2.24, 2.45) is 11.8 Å². The first-order chi connectivity index (χ1) is 16.4. The fourth-order valence-corrected chi connectivity index (χ4v) is 5.24. The van der Waals surface area contributed by atoms with Gasteiger partial charge in [0.1, 0.15) is 22.8 Å². The minimum atomic E-state index is -0.806. The third-order valence-electron chi connectivity index (χ3n) is 7.05. The first-order valence-electron chi connectivity index (χ1n) is 11.9. The van der Waals surface area contributed by atoms with Crippen molar-refractivity contribution in [1.29, 1.82) is 0 Å². The highest BCUT2D eigenvalue weighted by Gasteiger charge is 2.52. The zero-order valence-corrected chi connectivity index (χ0v) is 19.5. The molecule has 1 saturated heterocycles. The lowest BCUT2D eigenvalue weighted by atomic mass is 9.71. The molecule has 3 aromatic carbocycles. The monoisotopic (exact) mass is 458 g/mol. The third kappa shape index (κ3) is 4.53. The van der Waals surface area contributed by atoms with E-state index >= 15 is 0 Å². The fourth-order valence-electron chi connectivity index (χ4n) is 5.24. The average molecular weight is 459 g/mol. The van der Waals surface area contributed by atoms with Crippen LogP contribution in [0, 0.1) is 11.8 Å². The van der Waals surface area contributed by atoms with Crippen LogP contribution in [-0.4, -0.2) is 22.8 Å². The standard InChI is InChI=1S/C29H30O5/c1-29(2)24-18-23(28(30)31)25(15-13-19-9-5-3-6-10-19)33-27(24)22-17-21(14-16-26(22)34-29)32-20-11-7-4-8-12-20/h3-12,14,16-17,23-25,27H,13,15,18H2,1-2H3,(H,30,31)/t23-,24+,25+,27-/m1/s1. The predicted molar refractivity (Wildman–Crippen MR) is 129 cm³/mol. The average Bonchev–Trinajstić information content (AvgIpc) is 2.84. The van der Waals surface area contributed by atoms with Gasteiger partial charge in [-0.05, 0) is 69.0 Å². The maximum Gasteiger partial charge on any atom is 0.309 e. The van der Waals surface area contributed by atoms with Crippen molar-refractivity contribution in [2.45, 2.75) is 50.9 Å². The summed E-state index contributed by atoms with van der Waals surface area (Å²) < 4.78 is 19.1. The van der Waals surface area contributed by atoms with Crippen LogP contribution in [0.5, 0.6) is 17.2 Å². The van der Waals surface area contributed by atoms with Crippen molar-refractivity contribution in [3.8, 4) is 17.2 Å². The minimum Gasteiger partial charge on any atom is -0.487 e. The van der Waals surface area contributed by atoms with Gasteiger partial charge in [-0.15, -0.1) is 0 Å². The van der Waals surface area contributed by atoms with Crippen LogP contribution < -0.4 is 9.47 Å². The summed E-state index contributed by atoms with van der Waals surface area (Å²) in [6.45, 7) is 4.04. The van der Waals surface area contributed by atoms with Crippen molar-refractivity contribution in [2.75, 3.05) is 0 Å². The van der Waals surface area contributed by atoms with Crippen LogP contribution in [0.25, 0.3) is 0 Å². The predicted octanol–water partition coefficient (Wildman–Crippen LogP) is 6.43. The summed E-state index contributed by atoms with van der Waals surface area (Å²) >= 11 is 0. The van der Waals surface area contributed by atoms with E-state index in [9.17, 15) is 9.90 Å². The fraction of sp³-hybridized carbons (Fsp3) is 0.345. The number of para-hydroxylation sites is 1. The molecule has 34 heavy (non-hydrogen) atoms. The molecular formula is C29H30O5. The highest BCUT2D eigenvalue weighted by molar-refractivity contribution is 5.71. The van der Waals surface area contributed by atoms with Gasteiger partial charge in [0.05, 0.1) is 18.1 Å². The maximum absolute atomic E-state index is 12.2. The van der Waals surface area contributed by atoms with E-state index in [0.717, 1.165) is 23.5 Å². The van der Waals surface area contributed by atoms with E-state index in [1.165, 1.54) is 5.56 Å². The van der Waals surface area contributed by atoms with E-state index in [0.29, 0.717) is 18.6 Å². The quantitative estimate of drug-likeness (QED) is 0.461. The Bertz CT molecular complexity index is 1140. The first kappa shape index (κ1) is 22.5. The zero-order valence-electron chi connectivity index (χ0n) is 19.5. The van der Waals surface area contributed by atoms with Gasteiger partial charge in [-0.25, -0.2) is 0 Å². The minimum absolute atomic E-state index is 0.0824. The first-order valence-corrected chi connectivity index (χ1v) is 11.9. The van der Waals surface area contributed by atoms with Crippen LogP contribution in [0.4, 0.5) is 0 Å². The van der Waals surface area contributed by atoms with E-state index < -0.39 is 17.5 Å². The number of aryl methyl sites for hydroxylation is 1. The van der Waals surface area contributed by atoms with Crippen LogP contribution in [0.2, 0.25) is 0 Å². The Morgan fingerprint density at radius 1 is 1.00 bits per heavy atom. The number of hydrogen-bond acceptors (Lipinski definition) is 4. The SMILES string of the molecule is CC1(C)Oc2ccc(Oc3ccccc3)cc2[C@H]2O[C@@H](CCc3ccccc3)[C@H](C(=O)O)C[C@@H]21. The molecule has 0 unspecified atom stereocenters. The van der Waals surface area contributed by atoms with Crippen LogP contribution >= 0.6 is 0 Å². The molecule has 0 radical (unpaired) electrons. The van der Waals surface area contributed by atoms with E-state index in [1.807, 2.05) is 80.6 Å². The van der Waals surface area contributed by atoms with Gasteiger partial charge in [-0.1, -0.05) is 48.5 Å². The number of carboxylic acids is 1. The molecule has 5 nitrogen and oxygen atoms in total. The number of carboxylic acid groups (broad SMARTS) is 1. The molecule has 4 atom stereocenters. The number of rotatable bonds is 6. The molecule has 0 aromatic heterocycles. The van der Waals surface area contributed by atoms with Gasteiger partial charge in [0, 0.05) is 11.5 Å². The highest BCUT2D eigenvalue weighted by Crippen LogP contribution is 2.53. The molecule has 0 spiro atoms. The molecule has 3 aromatic rings. The summed E-state index contributed by atoms with van der Waals surface area (Å²) in [4.78, 5) is 12.2. The molecule has 1 fully saturated rings. The Morgan fingerprint density at radius 3 is 2.41 bits per heavy atom. The molecule has 2 aliphatic rings. The Hall–Kier alpha value is -3.31. The summed E-state index contributed by atoms with van der Waals surface area (Å²) in [6, 6.07) is 25.6. The van der Waals surface area contributed by atoms with Gasteiger partial charge in [0.2, 0.25) is 0 Å². The molecule has 2 heterocycles. The molecule has 0 bridgehead atoms. The topological polar surface area (TPSA) is 65.0 Å². The van der Waals surface area contributed by atoms with E-state index in [2.05, 4.69) is 12.1 Å². The van der Waals surface area contributed by atoms with Crippen molar-refractivity contribution >= 4 is 5.97 Å². The molecule has 0 amide bonds. The second-order valence-electron chi connectivity index (χ2n) is 9.73. The molecule has 176 valence electrons. The lowest BCUT2D eigenvalue weighted by molar-refractivity contribution is -0.188. The number of hydrogen-bond donors (Lipinski definition) is 1. The number of aliphatic carboxylic acids is 1. The van der Waals surface area contributed by atoms with E-state index in [4.69, 9.17) is 14.2 Å². The largest absolute Gasteiger partial charge is 0.487 e. The summed E-state index contributed by atoms with van der Waals surface area (Å²) in [5, 5.41) is 10.0. The third-order valence-corrected chi connectivity index (χ3v) is 7.05. The van der Waals surface area contributed by atoms with Gasteiger partial charge in [-0.2, -0.15) is 0 Å². The Labute approximate surface area is 200 Å². The smallest absolute Gasteiger partial charge is 0.309 e. The summed E-state index contributed by atoms with van der Waals surface area (Å²) in [6.07, 6.45) is 1.31. The molecule has 0 saturated carbocycles. The number of benzene rings is 3. The van der Waals surface area contributed by atoms with Crippen molar-refractivity contribution < 1.29 is 24.1 Å². The summed E-state index contributed by atoms with van der Waals surface area (Å²) in [5.41, 5.74) is 1.56. The van der Waals surface area contributed by atoms with Gasteiger partial charge < -0.3 is 19.3 Å². The lowest BCUT2D eigenvalue weighted by Gasteiger charge is -2.50. The van der Waals surface area contributed by atoms with Crippen LogP contribution in [0.1, 0.15) is 43.9 Å². The Morgan fingerprint density at radius 2 is 1.71 bits per heavy atom. The normalized spacial score (nSPS) is 24.9.